The van der Waals surface area contributed by atoms with E-state index in [1.807, 2.05) is 12.1 Å². The highest BCUT2D eigenvalue weighted by Crippen LogP contribution is 2.07. The van der Waals surface area contributed by atoms with E-state index in [9.17, 15) is 9.59 Å². The minimum Gasteiger partial charge on any atom is -0.467 e. The second-order valence-corrected chi connectivity index (χ2v) is 5.38. The number of hydrogen-bond acceptors (Lipinski definition) is 4. The number of amides is 2. The Balaban J connectivity index is 1.60. The Bertz CT molecular complexity index is 845. The Morgan fingerprint density at radius 3 is 2.20 bits per heavy atom. The number of benzene rings is 1. The fourth-order valence-corrected chi connectivity index (χ4v) is 2.27. The molecule has 0 atom stereocenters. The fourth-order valence-electron chi connectivity index (χ4n) is 2.27. The van der Waals surface area contributed by atoms with Crippen LogP contribution in [-0.2, 0) is 13.1 Å². The first kappa shape index (κ1) is 16.4. The van der Waals surface area contributed by atoms with Crippen molar-refractivity contribution in [1.82, 2.24) is 15.6 Å². The monoisotopic (exact) mass is 335 g/mol. The van der Waals surface area contributed by atoms with E-state index in [4.69, 9.17) is 4.42 Å². The van der Waals surface area contributed by atoms with Crippen LogP contribution < -0.4 is 10.6 Å². The Kier molecular flexibility index (Phi) is 5.21. The highest BCUT2D eigenvalue weighted by molar-refractivity contribution is 5.99. The standard InChI is InChI=1S/C19H17N3O3/c23-18(21-12-14-6-8-20-9-7-14)15-3-1-4-16(11-15)19(24)22-13-17-5-2-10-25-17/h1-11H,12-13H2,(H,21,23)(H,22,24). The van der Waals surface area contributed by atoms with Crippen molar-refractivity contribution in [3.8, 4) is 0 Å². The lowest BCUT2D eigenvalue weighted by Crippen LogP contribution is -2.25. The van der Waals surface area contributed by atoms with Gasteiger partial charge in [-0.15, -0.1) is 0 Å². The molecule has 0 saturated carbocycles. The maximum absolute atomic E-state index is 12.3. The highest BCUT2D eigenvalue weighted by Gasteiger charge is 2.10. The Labute approximate surface area is 144 Å². The number of rotatable bonds is 6. The first-order chi connectivity index (χ1) is 12.2. The normalized spacial score (nSPS) is 10.2. The molecule has 3 rings (SSSR count). The lowest BCUT2D eigenvalue weighted by molar-refractivity contribution is 0.0948. The van der Waals surface area contributed by atoms with Crippen LogP contribution in [0.25, 0.3) is 0 Å². The first-order valence-electron chi connectivity index (χ1n) is 7.80. The third-order valence-electron chi connectivity index (χ3n) is 3.59. The van der Waals surface area contributed by atoms with Gasteiger partial charge in [0, 0.05) is 30.1 Å². The van der Waals surface area contributed by atoms with Gasteiger partial charge in [0.05, 0.1) is 12.8 Å². The van der Waals surface area contributed by atoms with Crippen LogP contribution in [0.1, 0.15) is 32.0 Å². The largest absolute Gasteiger partial charge is 0.467 e. The molecule has 2 aromatic heterocycles. The van der Waals surface area contributed by atoms with Gasteiger partial charge >= 0.3 is 0 Å². The molecule has 0 unspecified atom stereocenters. The summed E-state index contributed by atoms with van der Waals surface area (Å²) in [7, 11) is 0. The molecule has 3 aromatic rings. The Morgan fingerprint density at radius 1 is 0.880 bits per heavy atom. The zero-order valence-corrected chi connectivity index (χ0v) is 13.4. The van der Waals surface area contributed by atoms with Crippen LogP contribution in [0.2, 0.25) is 0 Å². The molecule has 0 saturated heterocycles. The molecule has 0 aliphatic carbocycles. The molecule has 0 aliphatic heterocycles. The van der Waals surface area contributed by atoms with Crippen LogP contribution in [0.3, 0.4) is 0 Å². The van der Waals surface area contributed by atoms with Crippen LogP contribution in [-0.4, -0.2) is 16.8 Å². The summed E-state index contributed by atoms with van der Waals surface area (Å²) >= 11 is 0. The average molecular weight is 335 g/mol. The molecule has 0 spiro atoms. The van der Waals surface area contributed by atoms with E-state index >= 15 is 0 Å². The summed E-state index contributed by atoms with van der Waals surface area (Å²) in [6, 6.07) is 13.8. The van der Waals surface area contributed by atoms with Gasteiger partial charge in [-0.25, -0.2) is 0 Å². The molecule has 2 heterocycles. The van der Waals surface area contributed by atoms with Crippen LogP contribution in [0.4, 0.5) is 0 Å². The molecular formula is C19H17N3O3. The molecule has 126 valence electrons. The fraction of sp³-hybridized carbons (Fsp3) is 0.105. The van der Waals surface area contributed by atoms with Crippen LogP contribution in [0, 0.1) is 0 Å². The van der Waals surface area contributed by atoms with Crippen LogP contribution in [0.15, 0.2) is 71.6 Å². The number of carbonyl (C=O) groups excluding carboxylic acids is 2. The summed E-state index contributed by atoms with van der Waals surface area (Å²) in [5, 5.41) is 5.58. The maximum Gasteiger partial charge on any atom is 0.251 e. The van der Waals surface area contributed by atoms with E-state index in [0.717, 1.165) is 5.56 Å². The molecule has 2 amide bonds. The number of aromatic nitrogens is 1. The van der Waals surface area contributed by atoms with Gasteiger partial charge in [-0.2, -0.15) is 0 Å². The molecule has 0 radical (unpaired) electrons. The van der Waals surface area contributed by atoms with Crippen molar-refractivity contribution < 1.29 is 14.0 Å². The summed E-state index contributed by atoms with van der Waals surface area (Å²) in [4.78, 5) is 28.4. The van der Waals surface area contributed by atoms with E-state index in [2.05, 4.69) is 15.6 Å². The zero-order valence-electron chi connectivity index (χ0n) is 13.4. The smallest absolute Gasteiger partial charge is 0.251 e. The van der Waals surface area contributed by atoms with E-state index in [1.54, 1.807) is 55.1 Å². The molecular weight excluding hydrogens is 318 g/mol. The Morgan fingerprint density at radius 2 is 1.56 bits per heavy atom. The van der Waals surface area contributed by atoms with E-state index in [1.165, 1.54) is 0 Å². The van der Waals surface area contributed by atoms with Gasteiger partial charge in [-0.3, -0.25) is 14.6 Å². The Hall–Kier alpha value is -3.41. The summed E-state index contributed by atoms with van der Waals surface area (Å²) < 4.78 is 5.17. The number of nitrogens with zero attached hydrogens (tertiary/aromatic N) is 1. The highest BCUT2D eigenvalue weighted by atomic mass is 16.3. The van der Waals surface area contributed by atoms with Crippen molar-refractivity contribution in [1.29, 1.82) is 0 Å². The third-order valence-corrected chi connectivity index (χ3v) is 3.59. The van der Waals surface area contributed by atoms with Crippen molar-refractivity contribution in [2.45, 2.75) is 13.1 Å². The molecule has 0 bridgehead atoms. The first-order valence-corrected chi connectivity index (χ1v) is 7.80. The van der Waals surface area contributed by atoms with Gasteiger partial charge < -0.3 is 15.1 Å². The average Bonchev–Trinajstić information content (AvgIpc) is 3.18. The molecule has 6 heteroatoms. The van der Waals surface area contributed by atoms with Crippen molar-refractivity contribution >= 4 is 11.8 Å². The minimum absolute atomic E-state index is 0.238. The quantitative estimate of drug-likeness (QED) is 0.725. The number of hydrogen-bond donors (Lipinski definition) is 2. The van der Waals surface area contributed by atoms with Crippen LogP contribution in [0.5, 0.6) is 0 Å². The molecule has 6 nitrogen and oxygen atoms in total. The molecule has 0 fully saturated rings. The van der Waals surface area contributed by atoms with Gasteiger partial charge in [0.1, 0.15) is 5.76 Å². The lowest BCUT2D eigenvalue weighted by atomic mass is 10.1. The number of furan rings is 1. The summed E-state index contributed by atoms with van der Waals surface area (Å²) in [5.74, 6) is 0.164. The third kappa shape index (κ3) is 4.54. The molecule has 0 aliphatic rings. The summed E-state index contributed by atoms with van der Waals surface area (Å²) in [6.45, 7) is 0.695. The number of carbonyl (C=O) groups is 2. The summed E-state index contributed by atoms with van der Waals surface area (Å²) in [6.07, 6.45) is 4.90. The zero-order chi connectivity index (χ0) is 17.5. The second kappa shape index (κ2) is 7.92. The van der Waals surface area contributed by atoms with Crippen molar-refractivity contribution in [2.75, 3.05) is 0 Å². The van der Waals surface area contributed by atoms with Gasteiger partial charge in [-0.1, -0.05) is 6.07 Å². The van der Waals surface area contributed by atoms with E-state index < -0.39 is 0 Å². The SMILES string of the molecule is O=C(NCc1ccncc1)c1cccc(C(=O)NCc2ccco2)c1. The van der Waals surface area contributed by atoms with E-state index in [0.29, 0.717) is 30.0 Å². The molecule has 1 aromatic carbocycles. The number of pyridine rings is 1. The van der Waals surface area contributed by atoms with Crippen molar-refractivity contribution in [2.24, 2.45) is 0 Å². The summed E-state index contributed by atoms with van der Waals surface area (Å²) in [5.41, 5.74) is 1.80. The second-order valence-electron chi connectivity index (χ2n) is 5.38. The minimum atomic E-state index is -0.264. The van der Waals surface area contributed by atoms with Crippen molar-refractivity contribution in [3.05, 3.63) is 89.6 Å². The predicted molar refractivity (Wildman–Crippen MR) is 91.7 cm³/mol. The van der Waals surface area contributed by atoms with Crippen molar-refractivity contribution in [3.63, 3.8) is 0 Å². The molecule has 2 N–H and O–H groups in total. The predicted octanol–water partition coefficient (Wildman–Crippen LogP) is 2.53. The lowest BCUT2D eigenvalue weighted by Gasteiger charge is -2.07. The maximum atomic E-state index is 12.3. The van der Waals surface area contributed by atoms with Gasteiger partial charge in [0.2, 0.25) is 0 Å². The van der Waals surface area contributed by atoms with Gasteiger partial charge in [-0.05, 0) is 48.0 Å². The van der Waals surface area contributed by atoms with E-state index in [-0.39, 0.29) is 11.8 Å². The van der Waals surface area contributed by atoms with Gasteiger partial charge in [0.15, 0.2) is 0 Å². The van der Waals surface area contributed by atoms with Gasteiger partial charge in [0.25, 0.3) is 11.8 Å². The molecule has 25 heavy (non-hydrogen) atoms. The topological polar surface area (TPSA) is 84.2 Å². The number of nitrogens with one attached hydrogen (secondary N) is 2. The van der Waals surface area contributed by atoms with Crippen LogP contribution >= 0.6 is 0 Å².